The van der Waals surface area contributed by atoms with E-state index >= 15 is 0 Å². The molecule has 0 radical (unpaired) electrons. The number of rotatable bonds is 8. The Morgan fingerprint density at radius 3 is 2.44 bits per heavy atom. The molecule has 1 amide bonds. The van der Waals surface area contributed by atoms with Crippen molar-refractivity contribution in [2.75, 3.05) is 12.4 Å². The normalized spacial score (nSPS) is 11.7. The molecule has 0 aliphatic rings. The van der Waals surface area contributed by atoms with Crippen LogP contribution in [0.1, 0.15) is 17.2 Å². The second kappa shape index (κ2) is 9.69. The van der Waals surface area contributed by atoms with E-state index in [2.05, 4.69) is 25.6 Å². The maximum absolute atomic E-state index is 12.7. The molecular weight excluding hydrogens is 408 g/mol. The van der Waals surface area contributed by atoms with Crippen molar-refractivity contribution in [1.29, 1.82) is 0 Å². The number of nitrogens with zero attached hydrogens (tertiary/aromatic N) is 4. The first-order valence-corrected chi connectivity index (χ1v) is 10.0. The van der Waals surface area contributed by atoms with E-state index in [1.54, 1.807) is 28.8 Å². The molecule has 4 aromatic rings. The van der Waals surface area contributed by atoms with Crippen LogP contribution in [-0.4, -0.2) is 38.5 Å². The van der Waals surface area contributed by atoms with Gasteiger partial charge in [-0.3, -0.25) is 4.79 Å². The van der Waals surface area contributed by atoms with E-state index < -0.39 is 12.0 Å². The van der Waals surface area contributed by atoms with Crippen molar-refractivity contribution in [3.05, 3.63) is 84.4 Å². The molecule has 1 atom stereocenters. The van der Waals surface area contributed by atoms with Gasteiger partial charge in [-0.05, 0) is 11.1 Å². The Bertz CT molecular complexity index is 1210. The summed E-state index contributed by atoms with van der Waals surface area (Å²) in [6, 6.07) is 18.0. The number of carbonyl (C=O) groups is 2. The molecule has 0 unspecified atom stereocenters. The van der Waals surface area contributed by atoms with Gasteiger partial charge in [0.2, 0.25) is 5.91 Å². The zero-order valence-corrected chi connectivity index (χ0v) is 17.4. The third-order valence-corrected chi connectivity index (χ3v) is 4.89. The first-order chi connectivity index (χ1) is 15.7. The maximum Gasteiger partial charge on any atom is 0.333 e. The first-order valence-electron chi connectivity index (χ1n) is 10.0. The first kappa shape index (κ1) is 21.0. The molecule has 2 N–H and O–H groups in total. The number of nitrogens with one attached hydrogen (secondary N) is 2. The Hall–Kier alpha value is -4.27. The predicted molar refractivity (Wildman–Crippen MR) is 118 cm³/mol. The van der Waals surface area contributed by atoms with Gasteiger partial charge in [0.1, 0.15) is 18.4 Å². The van der Waals surface area contributed by atoms with Gasteiger partial charge >= 0.3 is 5.97 Å². The topological polar surface area (TPSA) is 111 Å². The van der Waals surface area contributed by atoms with Gasteiger partial charge in [-0.25, -0.2) is 19.7 Å². The zero-order chi connectivity index (χ0) is 22.3. The van der Waals surface area contributed by atoms with E-state index in [1.807, 2.05) is 36.4 Å². The minimum absolute atomic E-state index is 0.0635. The van der Waals surface area contributed by atoms with Gasteiger partial charge in [-0.15, -0.1) is 0 Å². The lowest BCUT2D eigenvalue weighted by Crippen LogP contribution is -2.36. The summed E-state index contributed by atoms with van der Waals surface area (Å²) < 4.78 is 6.46. The molecule has 0 fully saturated rings. The number of esters is 1. The van der Waals surface area contributed by atoms with Crippen LogP contribution in [0.4, 0.5) is 5.82 Å². The van der Waals surface area contributed by atoms with Crippen molar-refractivity contribution in [1.82, 2.24) is 24.8 Å². The number of methoxy groups -OCH3 is 1. The van der Waals surface area contributed by atoms with Gasteiger partial charge in [0.25, 0.3) is 0 Å². The van der Waals surface area contributed by atoms with Gasteiger partial charge in [0, 0.05) is 6.54 Å². The van der Waals surface area contributed by atoms with Crippen molar-refractivity contribution < 1.29 is 14.3 Å². The summed E-state index contributed by atoms with van der Waals surface area (Å²) >= 11 is 0. The summed E-state index contributed by atoms with van der Waals surface area (Å²) in [7, 11) is 1.29. The molecule has 9 heteroatoms. The van der Waals surface area contributed by atoms with Crippen molar-refractivity contribution in [3.63, 3.8) is 0 Å². The van der Waals surface area contributed by atoms with E-state index in [-0.39, 0.29) is 12.5 Å². The molecule has 0 spiro atoms. The lowest BCUT2D eigenvalue weighted by molar-refractivity contribution is -0.145. The molecule has 0 aliphatic heterocycles. The summed E-state index contributed by atoms with van der Waals surface area (Å²) in [6.07, 6.45) is 2.95. The highest BCUT2D eigenvalue weighted by Gasteiger charge is 2.24. The highest BCUT2D eigenvalue weighted by atomic mass is 16.5. The van der Waals surface area contributed by atoms with Gasteiger partial charge in [0.05, 0.1) is 13.4 Å². The molecule has 2 heterocycles. The second-order valence-corrected chi connectivity index (χ2v) is 7.04. The fourth-order valence-electron chi connectivity index (χ4n) is 3.31. The monoisotopic (exact) mass is 430 g/mol. The number of amides is 1. The fourth-order valence-corrected chi connectivity index (χ4v) is 3.31. The summed E-state index contributed by atoms with van der Waals surface area (Å²) in [6.45, 7) is 0.518. The highest BCUT2D eigenvalue weighted by Crippen LogP contribution is 2.19. The quantitative estimate of drug-likeness (QED) is 0.413. The number of aromatic nitrogens is 4. The third-order valence-electron chi connectivity index (χ3n) is 4.89. The number of ether oxygens (including phenoxy) is 1. The van der Waals surface area contributed by atoms with Gasteiger partial charge in [-0.1, -0.05) is 60.7 Å². The fraction of sp³-hybridized carbons (Fsp3) is 0.174. The molecule has 0 aliphatic carbocycles. The van der Waals surface area contributed by atoms with E-state index in [0.29, 0.717) is 29.1 Å². The Labute approximate surface area is 184 Å². The maximum atomic E-state index is 12.7. The van der Waals surface area contributed by atoms with Crippen LogP contribution in [0, 0.1) is 0 Å². The van der Waals surface area contributed by atoms with Crippen molar-refractivity contribution in [2.45, 2.75) is 19.1 Å². The van der Waals surface area contributed by atoms with Crippen molar-refractivity contribution >= 4 is 28.9 Å². The Morgan fingerprint density at radius 1 is 1.00 bits per heavy atom. The predicted octanol–water partition coefficient (Wildman–Crippen LogP) is 2.47. The molecule has 2 aromatic heterocycles. The summed E-state index contributed by atoms with van der Waals surface area (Å²) in [5, 5.41) is 5.99. The van der Waals surface area contributed by atoms with Crippen LogP contribution in [0.3, 0.4) is 0 Å². The van der Waals surface area contributed by atoms with Crippen LogP contribution in [-0.2, 0) is 27.4 Å². The number of benzene rings is 2. The minimum Gasteiger partial charge on any atom is -0.467 e. The molecule has 2 aromatic carbocycles. The molecule has 0 saturated heterocycles. The van der Waals surface area contributed by atoms with Crippen LogP contribution >= 0.6 is 0 Å². The lowest BCUT2D eigenvalue weighted by Gasteiger charge is -2.17. The number of anilines is 1. The molecule has 162 valence electrons. The van der Waals surface area contributed by atoms with E-state index in [4.69, 9.17) is 4.74 Å². The van der Waals surface area contributed by atoms with E-state index in [9.17, 15) is 9.59 Å². The molecule has 32 heavy (non-hydrogen) atoms. The second-order valence-electron chi connectivity index (χ2n) is 7.04. The van der Waals surface area contributed by atoms with Crippen LogP contribution in [0.5, 0.6) is 0 Å². The molecular formula is C23H22N6O3. The van der Waals surface area contributed by atoms with E-state index in [1.165, 1.54) is 19.8 Å². The molecule has 4 rings (SSSR count). The van der Waals surface area contributed by atoms with Crippen LogP contribution in [0.15, 0.2) is 73.3 Å². The number of imidazole rings is 1. The van der Waals surface area contributed by atoms with Crippen molar-refractivity contribution in [3.8, 4) is 0 Å². The van der Waals surface area contributed by atoms with Crippen LogP contribution in [0.2, 0.25) is 0 Å². The standard InChI is InChI=1S/C23H22N6O3/c1-32-23(31)19(17-10-6-3-7-11-17)28-18(30)13-29-15-27-20-21(25-14-26-22(20)29)24-12-16-8-4-2-5-9-16/h2-11,14-15,19H,12-13H2,1H3,(H,28,30)(H,24,25,26)/t19-/m0/s1. The Morgan fingerprint density at radius 2 is 1.72 bits per heavy atom. The Balaban J connectivity index is 1.49. The van der Waals surface area contributed by atoms with Gasteiger partial charge < -0.3 is 19.9 Å². The number of carbonyl (C=O) groups excluding carboxylic acids is 2. The SMILES string of the molecule is COC(=O)[C@@H](NC(=O)Cn1cnc2c(NCc3ccccc3)ncnc21)c1ccccc1. The number of fused-ring (bicyclic) bond motifs is 1. The Kier molecular flexibility index (Phi) is 6.35. The summed E-state index contributed by atoms with van der Waals surface area (Å²) in [5.41, 5.74) is 2.81. The average Bonchev–Trinajstić information content (AvgIpc) is 3.25. The molecule has 0 bridgehead atoms. The van der Waals surface area contributed by atoms with Crippen molar-refractivity contribution in [2.24, 2.45) is 0 Å². The summed E-state index contributed by atoms with van der Waals surface area (Å²) in [5.74, 6) is -0.342. The van der Waals surface area contributed by atoms with Gasteiger partial charge in [0.15, 0.2) is 17.5 Å². The molecule has 9 nitrogen and oxygen atoms in total. The zero-order valence-electron chi connectivity index (χ0n) is 17.4. The third kappa shape index (κ3) is 4.72. The van der Waals surface area contributed by atoms with Crippen LogP contribution < -0.4 is 10.6 Å². The van der Waals surface area contributed by atoms with Crippen LogP contribution in [0.25, 0.3) is 11.2 Å². The van der Waals surface area contributed by atoms with E-state index in [0.717, 1.165) is 5.56 Å². The smallest absolute Gasteiger partial charge is 0.333 e. The lowest BCUT2D eigenvalue weighted by atomic mass is 10.1. The largest absolute Gasteiger partial charge is 0.467 e. The average molecular weight is 430 g/mol. The highest BCUT2D eigenvalue weighted by molar-refractivity contribution is 5.87. The number of hydrogen-bond donors (Lipinski definition) is 2. The molecule has 0 saturated carbocycles. The minimum atomic E-state index is -0.902. The van der Waals surface area contributed by atoms with Gasteiger partial charge in [-0.2, -0.15) is 0 Å². The number of hydrogen-bond acceptors (Lipinski definition) is 7. The summed E-state index contributed by atoms with van der Waals surface area (Å²) in [4.78, 5) is 37.9.